The Morgan fingerprint density at radius 3 is 2.50 bits per heavy atom. The molecule has 0 heterocycles. The summed E-state index contributed by atoms with van der Waals surface area (Å²) in [5, 5.41) is 0. The summed E-state index contributed by atoms with van der Waals surface area (Å²) in [6.07, 6.45) is 2.93. The quantitative estimate of drug-likeness (QED) is 0.517. The fraction of sp³-hybridized carbons (Fsp3) is 0.294. The van der Waals surface area contributed by atoms with Crippen molar-refractivity contribution in [1.29, 1.82) is 0 Å². The third-order valence-electron chi connectivity index (χ3n) is 3.14. The molecule has 0 spiro atoms. The molecule has 3 heteroatoms. The SMILES string of the molecule is Fc1cccc(CCl)c1OCCCCc1ccccc1. The number of ether oxygens (including phenoxy) is 1. The maximum absolute atomic E-state index is 13.6. The van der Waals surface area contributed by atoms with Gasteiger partial charge in [-0.3, -0.25) is 0 Å². The predicted octanol–water partition coefficient (Wildman–Crippen LogP) is 4.97. The van der Waals surface area contributed by atoms with Gasteiger partial charge < -0.3 is 4.74 Å². The van der Waals surface area contributed by atoms with E-state index in [4.69, 9.17) is 16.3 Å². The molecule has 0 saturated heterocycles. The van der Waals surface area contributed by atoms with E-state index >= 15 is 0 Å². The molecule has 0 N–H and O–H groups in total. The van der Waals surface area contributed by atoms with Gasteiger partial charge in [0.05, 0.1) is 12.5 Å². The Kier molecular flexibility index (Phi) is 5.87. The normalized spacial score (nSPS) is 10.5. The summed E-state index contributed by atoms with van der Waals surface area (Å²) in [5.41, 5.74) is 2.02. The first-order valence-corrected chi connectivity index (χ1v) is 7.35. The predicted molar refractivity (Wildman–Crippen MR) is 80.8 cm³/mol. The number of para-hydroxylation sites is 1. The fourth-order valence-electron chi connectivity index (χ4n) is 2.07. The minimum Gasteiger partial charge on any atom is -0.490 e. The van der Waals surface area contributed by atoms with E-state index in [0.29, 0.717) is 17.9 Å². The molecule has 0 aliphatic rings. The molecule has 0 aromatic heterocycles. The van der Waals surface area contributed by atoms with Crippen molar-refractivity contribution in [2.45, 2.75) is 25.1 Å². The van der Waals surface area contributed by atoms with Gasteiger partial charge in [0.15, 0.2) is 11.6 Å². The van der Waals surface area contributed by atoms with Crippen LogP contribution in [0.4, 0.5) is 4.39 Å². The second-order valence-corrected chi connectivity index (χ2v) is 4.92. The Morgan fingerprint density at radius 1 is 0.950 bits per heavy atom. The number of aryl methyl sites for hydroxylation is 1. The van der Waals surface area contributed by atoms with Gasteiger partial charge in [-0.1, -0.05) is 42.5 Å². The van der Waals surface area contributed by atoms with E-state index in [-0.39, 0.29) is 11.7 Å². The van der Waals surface area contributed by atoms with Crippen LogP contribution in [-0.2, 0) is 12.3 Å². The van der Waals surface area contributed by atoms with Crippen molar-refractivity contribution in [3.05, 3.63) is 65.5 Å². The summed E-state index contributed by atoms with van der Waals surface area (Å²) in [6, 6.07) is 15.2. The van der Waals surface area contributed by atoms with E-state index in [2.05, 4.69) is 12.1 Å². The molecule has 0 radical (unpaired) electrons. The number of hydrogen-bond donors (Lipinski definition) is 0. The first kappa shape index (κ1) is 14.9. The van der Waals surface area contributed by atoms with E-state index in [1.807, 2.05) is 18.2 Å². The summed E-state index contributed by atoms with van der Waals surface area (Å²) in [6.45, 7) is 0.512. The second-order valence-electron chi connectivity index (χ2n) is 4.65. The Hall–Kier alpha value is -1.54. The Balaban J connectivity index is 1.76. The van der Waals surface area contributed by atoms with Crippen molar-refractivity contribution in [3.63, 3.8) is 0 Å². The van der Waals surface area contributed by atoms with Crippen LogP contribution in [0.15, 0.2) is 48.5 Å². The van der Waals surface area contributed by atoms with E-state index in [1.165, 1.54) is 11.6 Å². The third kappa shape index (κ3) is 4.24. The van der Waals surface area contributed by atoms with Gasteiger partial charge in [-0.25, -0.2) is 4.39 Å². The smallest absolute Gasteiger partial charge is 0.165 e. The van der Waals surface area contributed by atoms with Crippen molar-refractivity contribution in [2.75, 3.05) is 6.61 Å². The van der Waals surface area contributed by atoms with Crippen LogP contribution in [0.1, 0.15) is 24.0 Å². The van der Waals surface area contributed by atoms with Gasteiger partial charge in [-0.05, 0) is 30.9 Å². The number of rotatable bonds is 7. The number of hydrogen-bond acceptors (Lipinski definition) is 1. The van der Waals surface area contributed by atoms with Gasteiger partial charge in [-0.2, -0.15) is 0 Å². The first-order chi connectivity index (χ1) is 9.81. The van der Waals surface area contributed by atoms with Crippen molar-refractivity contribution < 1.29 is 9.13 Å². The van der Waals surface area contributed by atoms with Gasteiger partial charge in [0.25, 0.3) is 0 Å². The van der Waals surface area contributed by atoms with Crippen LogP contribution < -0.4 is 4.74 Å². The summed E-state index contributed by atoms with van der Waals surface area (Å²) in [7, 11) is 0. The zero-order chi connectivity index (χ0) is 14.2. The van der Waals surface area contributed by atoms with Crippen molar-refractivity contribution in [3.8, 4) is 5.75 Å². The lowest BCUT2D eigenvalue weighted by Gasteiger charge is -2.10. The lowest BCUT2D eigenvalue weighted by molar-refractivity contribution is 0.290. The maximum atomic E-state index is 13.6. The van der Waals surface area contributed by atoms with Crippen molar-refractivity contribution in [1.82, 2.24) is 0 Å². The lowest BCUT2D eigenvalue weighted by atomic mass is 10.1. The number of alkyl halides is 1. The molecule has 106 valence electrons. The molecule has 0 unspecified atom stereocenters. The molecule has 0 aliphatic heterocycles. The minimum atomic E-state index is -0.341. The third-order valence-corrected chi connectivity index (χ3v) is 3.43. The Labute approximate surface area is 124 Å². The molecular formula is C17H18ClFO. The van der Waals surface area contributed by atoms with Gasteiger partial charge in [0, 0.05) is 5.56 Å². The number of unbranched alkanes of at least 4 members (excludes halogenated alkanes) is 1. The highest BCUT2D eigenvalue weighted by atomic mass is 35.5. The van der Waals surface area contributed by atoms with E-state index in [1.54, 1.807) is 12.1 Å². The summed E-state index contributed by atoms with van der Waals surface area (Å²) in [4.78, 5) is 0. The highest BCUT2D eigenvalue weighted by Gasteiger charge is 2.08. The first-order valence-electron chi connectivity index (χ1n) is 6.81. The van der Waals surface area contributed by atoms with Gasteiger partial charge in [0.2, 0.25) is 0 Å². The van der Waals surface area contributed by atoms with Gasteiger partial charge >= 0.3 is 0 Å². The van der Waals surface area contributed by atoms with Crippen LogP contribution in [-0.4, -0.2) is 6.61 Å². The lowest BCUT2D eigenvalue weighted by Crippen LogP contribution is -2.02. The number of benzene rings is 2. The summed E-state index contributed by atoms with van der Waals surface area (Å²) in [5.74, 6) is 0.213. The van der Waals surface area contributed by atoms with E-state index < -0.39 is 0 Å². The van der Waals surface area contributed by atoms with Crippen LogP contribution in [0, 0.1) is 5.82 Å². The van der Waals surface area contributed by atoms with Gasteiger partial charge in [0.1, 0.15) is 0 Å². The zero-order valence-electron chi connectivity index (χ0n) is 11.3. The largest absolute Gasteiger partial charge is 0.490 e. The summed E-state index contributed by atoms with van der Waals surface area (Å²) < 4.78 is 19.2. The van der Waals surface area contributed by atoms with Crippen LogP contribution in [0.25, 0.3) is 0 Å². The molecule has 0 aliphatic carbocycles. The molecule has 0 atom stereocenters. The molecule has 2 aromatic carbocycles. The topological polar surface area (TPSA) is 9.23 Å². The van der Waals surface area contributed by atoms with Crippen LogP contribution in [0.3, 0.4) is 0 Å². The van der Waals surface area contributed by atoms with Gasteiger partial charge in [-0.15, -0.1) is 11.6 Å². The molecule has 1 nitrogen and oxygen atoms in total. The number of halogens is 2. The zero-order valence-corrected chi connectivity index (χ0v) is 12.1. The fourth-order valence-corrected chi connectivity index (χ4v) is 2.28. The van der Waals surface area contributed by atoms with Crippen LogP contribution in [0.5, 0.6) is 5.75 Å². The molecule has 0 amide bonds. The molecule has 0 fully saturated rings. The summed E-state index contributed by atoms with van der Waals surface area (Å²) >= 11 is 5.78. The highest BCUT2D eigenvalue weighted by molar-refractivity contribution is 6.17. The second kappa shape index (κ2) is 7.91. The molecule has 2 rings (SSSR count). The Bertz CT molecular complexity index is 528. The molecule has 20 heavy (non-hydrogen) atoms. The average molecular weight is 293 g/mol. The molecule has 2 aromatic rings. The van der Waals surface area contributed by atoms with Crippen LogP contribution in [0.2, 0.25) is 0 Å². The van der Waals surface area contributed by atoms with Crippen molar-refractivity contribution >= 4 is 11.6 Å². The Morgan fingerprint density at radius 2 is 1.75 bits per heavy atom. The molecule has 0 bridgehead atoms. The van der Waals surface area contributed by atoms with E-state index in [9.17, 15) is 4.39 Å². The molecular weight excluding hydrogens is 275 g/mol. The van der Waals surface area contributed by atoms with Crippen LogP contribution >= 0.6 is 11.6 Å². The maximum Gasteiger partial charge on any atom is 0.165 e. The standard InChI is InChI=1S/C17H18ClFO/c18-13-15-10-6-11-16(19)17(15)20-12-5-4-9-14-7-2-1-3-8-14/h1-3,6-8,10-11H,4-5,9,12-13H2. The monoisotopic (exact) mass is 292 g/mol. The van der Waals surface area contributed by atoms with E-state index in [0.717, 1.165) is 19.3 Å². The van der Waals surface area contributed by atoms with Crippen molar-refractivity contribution in [2.24, 2.45) is 0 Å². The average Bonchev–Trinajstić information content (AvgIpc) is 2.49. The molecule has 0 saturated carbocycles. The minimum absolute atomic E-state index is 0.261. The highest BCUT2D eigenvalue weighted by Crippen LogP contribution is 2.24.